The molecule has 1 fully saturated rings. The van der Waals surface area contributed by atoms with Crippen molar-refractivity contribution in [2.75, 3.05) is 13.1 Å². The number of aromatic nitrogens is 2. The van der Waals surface area contributed by atoms with Gasteiger partial charge in [-0.2, -0.15) is 0 Å². The lowest BCUT2D eigenvalue weighted by atomic mass is 10.3. The van der Waals surface area contributed by atoms with Crippen molar-refractivity contribution in [2.45, 2.75) is 19.0 Å². The highest BCUT2D eigenvalue weighted by atomic mass is 35.5. The monoisotopic (exact) mass is 214 g/mol. The van der Waals surface area contributed by atoms with E-state index in [0.29, 0.717) is 11.2 Å². The van der Waals surface area contributed by atoms with Crippen molar-refractivity contribution in [1.29, 1.82) is 0 Å². The second-order valence-electron chi connectivity index (χ2n) is 3.84. The van der Waals surface area contributed by atoms with Gasteiger partial charge >= 0.3 is 0 Å². The summed E-state index contributed by atoms with van der Waals surface area (Å²) in [6, 6.07) is 0.325. The van der Waals surface area contributed by atoms with E-state index >= 15 is 0 Å². The van der Waals surface area contributed by atoms with Crippen molar-refractivity contribution in [1.82, 2.24) is 14.5 Å². The molecule has 1 aromatic heterocycles. The first kappa shape index (κ1) is 9.96. The van der Waals surface area contributed by atoms with Crippen molar-refractivity contribution in [2.24, 2.45) is 12.8 Å². The Balaban J connectivity index is 2.01. The van der Waals surface area contributed by atoms with Crippen LogP contribution in [0, 0.1) is 0 Å². The average molecular weight is 215 g/mol. The fourth-order valence-electron chi connectivity index (χ4n) is 1.78. The molecule has 0 bridgehead atoms. The summed E-state index contributed by atoms with van der Waals surface area (Å²) in [5.74, 6) is 1.00. The van der Waals surface area contributed by atoms with Gasteiger partial charge in [-0.25, -0.2) is 4.98 Å². The second-order valence-corrected chi connectivity index (χ2v) is 4.23. The quantitative estimate of drug-likeness (QED) is 0.785. The van der Waals surface area contributed by atoms with Gasteiger partial charge in [-0.1, -0.05) is 11.6 Å². The molecule has 1 aromatic rings. The molecule has 1 aliphatic rings. The van der Waals surface area contributed by atoms with Crippen molar-refractivity contribution in [3.63, 3.8) is 0 Å². The SMILES string of the molecule is Cn1c(Cl)cnc1CN1CC[C@@H](N)C1. The predicted octanol–water partition coefficient (Wildman–Crippen LogP) is 0.607. The standard InChI is InChI=1S/C9H15ClN4/c1-13-8(10)4-12-9(13)6-14-3-2-7(11)5-14/h4,7H,2-3,5-6,11H2,1H3/t7-/m1/s1. The van der Waals surface area contributed by atoms with E-state index in [9.17, 15) is 0 Å². The van der Waals surface area contributed by atoms with Crippen LogP contribution in [-0.4, -0.2) is 33.6 Å². The molecule has 78 valence electrons. The van der Waals surface area contributed by atoms with Gasteiger partial charge in [0.15, 0.2) is 0 Å². The molecule has 14 heavy (non-hydrogen) atoms. The van der Waals surface area contributed by atoms with E-state index in [2.05, 4.69) is 9.88 Å². The lowest BCUT2D eigenvalue weighted by Gasteiger charge is -2.14. The van der Waals surface area contributed by atoms with Crippen molar-refractivity contribution in [3.05, 3.63) is 17.2 Å². The minimum Gasteiger partial charge on any atom is -0.326 e. The predicted molar refractivity (Wildman–Crippen MR) is 56.1 cm³/mol. The normalized spacial score (nSPS) is 23.2. The number of imidazole rings is 1. The second kappa shape index (κ2) is 3.88. The number of nitrogens with zero attached hydrogens (tertiary/aromatic N) is 3. The van der Waals surface area contributed by atoms with E-state index in [-0.39, 0.29) is 0 Å². The van der Waals surface area contributed by atoms with Gasteiger partial charge in [0, 0.05) is 26.2 Å². The molecule has 0 spiro atoms. The third-order valence-electron chi connectivity index (χ3n) is 2.70. The van der Waals surface area contributed by atoms with E-state index in [1.165, 1.54) is 0 Å². The Morgan fingerprint density at radius 1 is 1.71 bits per heavy atom. The Bertz CT molecular complexity index is 323. The van der Waals surface area contributed by atoms with Gasteiger partial charge in [-0.05, 0) is 6.42 Å². The highest BCUT2D eigenvalue weighted by molar-refractivity contribution is 6.29. The topological polar surface area (TPSA) is 47.1 Å². The first-order valence-corrected chi connectivity index (χ1v) is 5.18. The van der Waals surface area contributed by atoms with Crippen LogP contribution >= 0.6 is 11.6 Å². The molecule has 5 heteroatoms. The van der Waals surface area contributed by atoms with Gasteiger partial charge in [0.05, 0.1) is 12.7 Å². The van der Waals surface area contributed by atoms with Crippen LogP contribution in [0.25, 0.3) is 0 Å². The van der Waals surface area contributed by atoms with Crippen molar-refractivity contribution in [3.8, 4) is 0 Å². The molecule has 0 aliphatic carbocycles. The Morgan fingerprint density at radius 3 is 3.00 bits per heavy atom. The minimum absolute atomic E-state index is 0.325. The lowest BCUT2D eigenvalue weighted by Crippen LogP contribution is -2.27. The molecule has 2 rings (SSSR count). The molecule has 0 aromatic carbocycles. The van der Waals surface area contributed by atoms with Crippen LogP contribution in [0.15, 0.2) is 6.20 Å². The van der Waals surface area contributed by atoms with Crippen LogP contribution < -0.4 is 5.73 Å². The number of nitrogens with two attached hydrogens (primary N) is 1. The zero-order valence-electron chi connectivity index (χ0n) is 8.28. The van der Waals surface area contributed by atoms with E-state index in [0.717, 1.165) is 31.9 Å². The van der Waals surface area contributed by atoms with Gasteiger partial charge in [0.1, 0.15) is 11.0 Å². The number of likely N-dealkylation sites (tertiary alicyclic amines) is 1. The summed E-state index contributed by atoms with van der Waals surface area (Å²) < 4.78 is 1.91. The van der Waals surface area contributed by atoms with E-state index in [1.807, 2.05) is 11.6 Å². The third-order valence-corrected chi connectivity index (χ3v) is 3.05. The highest BCUT2D eigenvalue weighted by Gasteiger charge is 2.20. The fraction of sp³-hybridized carbons (Fsp3) is 0.667. The summed E-state index contributed by atoms with van der Waals surface area (Å²) in [5, 5.41) is 0.684. The van der Waals surface area contributed by atoms with Crippen LogP contribution in [0.3, 0.4) is 0 Å². The molecule has 0 saturated carbocycles. The molecule has 2 heterocycles. The summed E-state index contributed by atoms with van der Waals surface area (Å²) >= 11 is 5.90. The van der Waals surface area contributed by atoms with Crippen LogP contribution in [0.5, 0.6) is 0 Å². The minimum atomic E-state index is 0.325. The first-order valence-electron chi connectivity index (χ1n) is 4.81. The summed E-state index contributed by atoms with van der Waals surface area (Å²) in [7, 11) is 1.93. The molecule has 0 radical (unpaired) electrons. The summed E-state index contributed by atoms with van der Waals surface area (Å²) in [6.07, 6.45) is 2.77. The molecule has 1 atom stereocenters. The Kier molecular flexibility index (Phi) is 2.76. The van der Waals surface area contributed by atoms with Crippen LogP contribution in [0.1, 0.15) is 12.2 Å². The summed E-state index contributed by atoms with van der Waals surface area (Å²) in [6.45, 7) is 2.87. The lowest BCUT2D eigenvalue weighted by molar-refractivity contribution is 0.314. The zero-order valence-corrected chi connectivity index (χ0v) is 9.04. The molecule has 1 saturated heterocycles. The van der Waals surface area contributed by atoms with Gasteiger partial charge in [0.2, 0.25) is 0 Å². The molecule has 0 unspecified atom stereocenters. The van der Waals surface area contributed by atoms with Crippen LogP contribution in [0.2, 0.25) is 5.15 Å². The van der Waals surface area contributed by atoms with Gasteiger partial charge < -0.3 is 10.3 Å². The highest BCUT2D eigenvalue weighted by Crippen LogP contribution is 2.14. The maximum Gasteiger partial charge on any atom is 0.128 e. The van der Waals surface area contributed by atoms with Crippen molar-refractivity contribution < 1.29 is 0 Å². The largest absolute Gasteiger partial charge is 0.326 e. The molecular weight excluding hydrogens is 200 g/mol. The zero-order chi connectivity index (χ0) is 10.1. The Morgan fingerprint density at radius 2 is 2.50 bits per heavy atom. The van der Waals surface area contributed by atoms with Gasteiger partial charge in [-0.3, -0.25) is 4.90 Å². The number of hydrogen-bond donors (Lipinski definition) is 1. The molecule has 1 aliphatic heterocycles. The number of halogens is 1. The first-order chi connectivity index (χ1) is 6.66. The maximum absolute atomic E-state index is 5.90. The summed E-state index contributed by atoms with van der Waals surface area (Å²) in [4.78, 5) is 6.56. The van der Waals surface area contributed by atoms with Gasteiger partial charge in [0.25, 0.3) is 0 Å². The van der Waals surface area contributed by atoms with Gasteiger partial charge in [-0.15, -0.1) is 0 Å². The number of rotatable bonds is 2. The van der Waals surface area contributed by atoms with Crippen LogP contribution in [0.4, 0.5) is 0 Å². The molecule has 2 N–H and O–H groups in total. The average Bonchev–Trinajstić information content (AvgIpc) is 2.67. The Hall–Kier alpha value is -0.580. The van der Waals surface area contributed by atoms with E-state index in [1.54, 1.807) is 6.20 Å². The fourth-order valence-corrected chi connectivity index (χ4v) is 1.92. The van der Waals surface area contributed by atoms with E-state index < -0.39 is 0 Å². The Labute approximate surface area is 88.7 Å². The maximum atomic E-state index is 5.90. The van der Waals surface area contributed by atoms with E-state index in [4.69, 9.17) is 17.3 Å². The smallest absolute Gasteiger partial charge is 0.128 e. The van der Waals surface area contributed by atoms with Crippen molar-refractivity contribution >= 4 is 11.6 Å². The molecular formula is C9H15ClN4. The van der Waals surface area contributed by atoms with Crippen LogP contribution in [-0.2, 0) is 13.6 Å². The third kappa shape index (κ3) is 1.92. The molecule has 4 nitrogen and oxygen atoms in total. The molecule has 0 amide bonds. The summed E-state index contributed by atoms with van der Waals surface area (Å²) in [5.41, 5.74) is 5.83. The number of hydrogen-bond acceptors (Lipinski definition) is 3.